The molecular weight excluding hydrogens is 830 g/mol. The predicted molar refractivity (Wildman–Crippen MR) is 262 cm³/mol. The molecule has 0 aromatic carbocycles. The number of nitrogens with zero attached hydrogens (tertiary/aromatic N) is 1. The Morgan fingerprint density at radius 1 is 0.562 bits per heavy atom. The fraction of sp³-hybridized carbons (Fsp3) is 0.808. The first-order valence-electron chi connectivity index (χ1n) is 25.5. The summed E-state index contributed by atoms with van der Waals surface area (Å²) in [4.78, 5) is 37.8. The van der Waals surface area contributed by atoms with Crippen LogP contribution >= 0.6 is 7.82 Å². The van der Waals surface area contributed by atoms with Crippen molar-refractivity contribution in [1.29, 1.82) is 0 Å². The molecular formula is C52H96NO10P. The molecule has 2 N–H and O–H groups in total. The average Bonchev–Trinajstić information content (AvgIpc) is 3.24. The van der Waals surface area contributed by atoms with E-state index in [2.05, 4.69) is 50.3 Å². The van der Waals surface area contributed by atoms with E-state index in [9.17, 15) is 29.3 Å². The zero-order valence-corrected chi connectivity index (χ0v) is 42.3. The molecule has 4 atom stereocenters. The summed E-state index contributed by atoms with van der Waals surface area (Å²) in [6.07, 6.45) is 44.5. The molecule has 374 valence electrons. The van der Waals surface area contributed by atoms with Crippen molar-refractivity contribution < 1.29 is 52.3 Å². The number of phosphoric ester groups is 1. The summed E-state index contributed by atoms with van der Waals surface area (Å²) in [5, 5.41) is 20.8. The molecule has 0 amide bonds. The third-order valence-electron chi connectivity index (χ3n) is 11.0. The Hall–Kier alpha value is -2.11. The van der Waals surface area contributed by atoms with Crippen molar-refractivity contribution in [3.05, 3.63) is 48.6 Å². The van der Waals surface area contributed by atoms with Gasteiger partial charge in [-0.15, -0.1) is 0 Å². The number of allylic oxidation sites excluding steroid dienone is 7. The van der Waals surface area contributed by atoms with Crippen LogP contribution in [0, 0.1) is 0 Å². The number of quaternary nitrogens is 1. The van der Waals surface area contributed by atoms with Crippen LogP contribution in [0.1, 0.15) is 206 Å². The first-order valence-corrected chi connectivity index (χ1v) is 27.0. The van der Waals surface area contributed by atoms with Crippen molar-refractivity contribution in [2.24, 2.45) is 0 Å². The number of aliphatic hydroxyl groups is 2. The summed E-state index contributed by atoms with van der Waals surface area (Å²) in [6, 6.07) is 0. The highest BCUT2D eigenvalue weighted by Gasteiger charge is 2.22. The van der Waals surface area contributed by atoms with Gasteiger partial charge in [-0.25, -0.2) is 0 Å². The Balaban J connectivity index is 4.45. The smallest absolute Gasteiger partial charge is 0.306 e. The van der Waals surface area contributed by atoms with Crippen LogP contribution in [-0.2, 0) is 32.7 Å². The number of carbonyl (C=O) groups is 2. The Labute approximate surface area is 391 Å². The number of ether oxygens (including phenoxy) is 2. The lowest BCUT2D eigenvalue weighted by Crippen LogP contribution is -2.37. The number of carbonyl (C=O) groups excluding carboxylic acids is 2. The quantitative estimate of drug-likeness (QED) is 0.0198. The van der Waals surface area contributed by atoms with Crippen LogP contribution in [0.25, 0.3) is 0 Å². The molecule has 11 nitrogen and oxygen atoms in total. The number of rotatable bonds is 46. The molecule has 0 aliphatic carbocycles. The van der Waals surface area contributed by atoms with Gasteiger partial charge >= 0.3 is 11.9 Å². The van der Waals surface area contributed by atoms with Crippen molar-refractivity contribution in [3.8, 4) is 0 Å². The number of likely N-dealkylation sites (N-methyl/N-ethyl adjacent to an activating group) is 1. The van der Waals surface area contributed by atoms with Gasteiger partial charge in [-0.3, -0.25) is 14.2 Å². The van der Waals surface area contributed by atoms with Crippen LogP contribution in [0.2, 0.25) is 0 Å². The molecule has 0 aliphatic rings. The second kappa shape index (κ2) is 43.5. The van der Waals surface area contributed by atoms with E-state index in [4.69, 9.17) is 18.5 Å². The van der Waals surface area contributed by atoms with Crippen molar-refractivity contribution in [3.63, 3.8) is 0 Å². The first kappa shape index (κ1) is 61.9. The van der Waals surface area contributed by atoms with Gasteiger partial charge in [0.25, 0.3) is 7.82 Å². The lowest BCUT2D eigenvalue weighted by Gasteiger charge is -2.28. The van der Waals surface area contributed by atoms with E-state index in [0.29, 0.717) is 17.4 Å². The van der Waals surface area contributed by atoms with Gasteiger partial charge in [-0.05, 0) is 77.0 Å². The molecule has 0 aromatic heterocycles. The van der Waals surface area contributed by atoms with Gasteiger partial charge in [0.1, 0.15) is 19.8 Å². The maximum atomic E-state index is 12.8. The molecule has 64 heavy (non-hydrogen) atoms. The van der Waals surface area contributed by atoms with Crippen molar-refractivity contribution in [2.75, 3.05) is 47.5 Å². The fourth-order valence-electron chi connectivity index (χ4n) is 6.87. The molecule has 0 fully saturated rings. The maximum Gasteiger partial charge on any atom is 0.306 e. The van der Waals surface area contributed by atoms with E-state index in [1.165, 1.54) is 116 Å². The highest BCUT2D eigenvalue weighted by atomic mass is 31.2. The molecule has 3 unspecified atom stereocenters. The SMILES string of the molecule is CCCCC/C=C\C/C=C\C/C=C\CC(O)C(O)CCCC(=O)O[C@H](COC(=O)CCCCCCCCCCCCC/C=C\CCCCCCCC)COP(=O)([O-])OCC[N+](C)(C)C. The summed E-state index contributed by atoms with van der Waals surface area (Å²) >= 11 is 0. The van der Waals surface area contributed by atoms with Crippen molar-refractivity contribution in [2.45, 2.75) is 225 Å². The van der Waals surface area contributed by atoms with E-state index in [0.717, 1.165) is 38.5 Å². The largest absolute Gasteiger partial charge is 0.756 e. The summed E-state index contributed by atoms with van der Waals surface area (Å²) in [5.41, 5.74) is 0. The zero-order valence-electron chi connectivity index (χ0n) is 41.4. The van der Waals surface area contributed by atoms with Crippen LogP contribution in [0.5, 0.6) is 0 Å². The van der Waals surface area contributed by atoms with Gasteiger partial charge in [0, 0.05) is 12.8 Å². The lowest BCUT2D eigenvalue weighted by molar-refractivity contribution is -0.870. The van der Waals surface area contributed by atoms with Crippen LogP contribution in [0.4, 0.5) is 0 Å². The summed E-state index contributed by atoms with van der Waals surface area (Å²) in [7, 11) is 0.989. The normalized spacial score (nSPS) is 14.8. The van der Waals surface area contributed by atoms with Gasteiger partial charge in [-0.1, -0.05) is 165 Å². The lowest BCUT2D eigenvalue weighted by atomic mass is 10.0. The monoisotopic (exact) mass is 926 g/mol. The number of hydrogen-bond donors (Lipinski definition) is 2. The van der Waals surface area contributed by atoms with Crippen LogP contribution < -0.4 is 4.89 Å². The van der Waals surface area contributed by atoms with E-state index < -0.39 is 44.7 Å². The highest BCUT2D eigenvalue weighted by molar-refractivity contribution is 7.45. The topological polar surface area (TPSA) is 152 Å². The second-order valence-corrected chi connectivity index (χ2v) is 19.9. The molecule has 0 heterocycles. The number of aliphatic hydroxyl groups excluding tert-OH is 2. The van der Waals surface area contributed by atoms with Crippen molar-refractivity contribution >= 4 is 19.8 Å². The number of hydrogen-bond acceptors (Lipinski definition) is 10. The Kier molecular flexibility index (Phi) is 42.0. The van der Waals surface area contributed by atoms with Gasteiger partial charge in [0.2, 0.25) is 0 Å². The number of esters is 2. The predicted octanol–water partition coefficient (Wildman–Crippen LogP) is 12.3. The molecule has 0 spiro atoms. The molecule has 0 rings (SSSR count). The molecule has 0 radical (unpaired) electrons. The zero-order chi connectivity index (χ0) is 47.4. The van der Waals surface area contributed by atoms with Crippen LogP contribution in [-0.4, -0.2) is 92.5 Å². The molecule has 0 saturated carbocycles. The standard InChI is InChI=1S/C52H96NO10P/c1-6-8-10-12-14-16-18-20-21-22-23-24-25-26-27-28-30-32-34-36-38-42-51(56)60-46-48(47-62-64(58,59)61-45-44-53(3,4)5)63-52(57)43-39-41-50(55)49(54)40-37-35-33-31-29-19-17-15-13-11-9-7-2/h15,17,20-21,29,31,35,37,48-50,54-55H,6-14,16,18-19,22-28,30,32-34,36,38-47H2,1-5H3/b17-15-,21-20-,31-29-,37-35-/t48-,49?,50?/m1/s1. The minimum Gasteiger partial charge on any atom is -0.756 e. The fourth-order valence-corrected chi connectivity index (χ4v) is 7.60. The second-order valence-electron chi connectivity index (χ2n) is 18.5. The van der Waals surface area contributed by atoms with Crippen LogP contribution in [0.15, 0.2) is 48.6 Å². The number of unbranched alkanes of at least 4 members (excludes halogenated alkanes) is 20. The molecule has 0 saturated heterocycles. The van der Waals surface area contributed by atoms with Gasteiger partial charge in [-0.2, -0.15) is 0 Å². The summed E-state index contributed by atoms with van der Waals surface area (Å²) in [5.74, 6) is -1.12. The Bertz CT molecular complexity index is 1260. The summed E-state index contributed by atoms with van der Waals surface area (Å²) in [6.45, 7) is 3.87. The Morgan fingerprint density at radius 2 is 1.02 bits per heavy atom. The Morgan fingerprint density at radius 3 is 1.58 bits per heavy atom. The van der Waals surface area contributed by atoms with Gasteiger partial charge in [0.15, 0.2) is 6.10 Å². The molecule has 0 aliphatic heterocycles. The summed E-state index contributed by atoms with van der Waals surface area (Å²) < 4.78 is 33.8. The first-order chi connectivity index (χ1) is 30.8. The van der Waals surface area contributed by atoms with E-state index in [1.54, 1.807) is 0 Å². The van der Waals surface area contributed by atoms with Gasteiger partial charge < -0.3 is 38.1 Å². The molecule has 0 bridgehead atoms. The number of phosphoric acid groups is 1. The highest BCUT2D eigenvalue weighted by Crippen LogP contribution is 2.38. The minimum atomic E-state index is -4.71. The third-order valence-corrected chi connectivity index (χ3v) is 12.0. The minimum absolute atomic E-state index is 0.0838. The third kappa shape index (κ3) is 45.1. The van der Waals surface area contributed by atoms with Gasteiger partial charge in [0.05, 0.1) is 40.0 Å². The molecule has 0 aromatic rings. The average molecular weight is 926 g/mol. The van der Waals surface area contributed by atoms with Crippen LogP contribution in [0.3, 0.4) is 0 Å². The van der Waals surface area contributed by atoms with E-state index in [-0.39, 0.29) is 45.3 Å². The molecule has 12 heteroatoms. The maximum absolute atomic E-state index is 12.8. The van der Waals surface area contributed by atoms with Crippen molar-refractivity contribution in [1.82, 2.24) is 0 Å². The van der Waals surface area contributed by atoms with E-state index >= 15 is 0 Å². The van der Waals surface area contributed by atoms with E-state index in [1.807, 2.05) is 33.3 Å².